The van der Waals surface area contributed by atoms with E-state index in [0.717, 1.165) is 24.1 Å². The standard InChI is InChI=1S/C17H21N3O/c1-20(2)16-10-6-13(7-11-16)4-3-5-14(12-18)17(21)19-15-8-9-15/h3-4,6-7,10-11,14-15H,5,8-9H2,1-2H3,(H,19,21)/b4-3+. The molecular weight excluding hydrogens is 262 g/mol. The van der Waals surface area contributed by atoms with Gasteiger partial charge < -0.3 is 10.2 Å². The second kappa shape index (κ2) is 6.94. The minimum atomic E-state index is -0.595. The molecule has 0 radical (unpaired) electrons. The summed E-state index contributed by atoms with van der Waals surface area (Å²) >= 11 is 0. The molecule has 110 valence electrons. The molecule has 1 N–H and O–H groups in total. The number of amides is 1. The number of nitriles is 1. The third kappa shape index (κ3) is 4.64. The normalized spacial score (nSPS) is 15.5. The number of anilines is 1. The van der Waals surface area contributed by atoms with E-state index >= 15 is 0 Å². The molecule has 1 amide bonds. The van der Waals surface area contributed by atoms with E-state index in [-0.39, 0.29) is 5.91 Å². The molecule has 0 saturated heterocycles. The summed E-state index contributed by atoms with van der Waals surface area (Å²) in [4.78, 5) is 13.9. The number of nitrogens with one attached hydrogen (secondary N) is 1. The topological polar surface area (TPSA) is 56.1 Å². The first-order valence-electron chi connectivity index (χ1n) is 7.24. The van der Waals surface area contributed by atoms with E-state index in [1.165, 1.54) is 0 Å². The van der Waals surface area contributed by atoms with Gasteiger partial charge in [-0.25, -0.2) is 0 Å². The Balaban J connectivity index is 1.87. The molecule has 0 aromatic heterocycles. The highest BCUT2D eigenvalue weighted by Gasteiger charge is 2.26. The van der Waals surface area contributed by atoms with E-state index in [0.29, 0.717) is 12.5 Å². The fourth-order valence-electron chi connectivity index (χ4n) is 1.97. The van der Waals surface area contributed by atoms with Crippen molar-refractivity contribution in [3.8, 4) is 6.07 Å². The number of carbonyl (C=O) groups is 1. The largest absolute Gasteiger partial charge is 0.378 e. The van der Waals surface area contributed by atoms with Gasteiger partial charge in [0.2, 0.25) is 5.91 Å². The summed E-state index contributed by atoms with van der Waals surface area (Å²) in [7, 11) is 4.00. The van der Waals surface area contributed by atoms with Crippen LogP contribution >= 0.6 is 0 Å². The van der Waals surface area contributed by atoms with Crippen molar-refractivity contribution in [3.05, 3.63) is 35.9 Å². The number of carbonyl (C=O) groups excluding carboxylic acids is 1. The van der Waals surface area contributed by atoms with Crippen LogP contribution in [0.15, 0.2) is 30.3 Å². The Bertz CT molecular complexity index is 550. The predicted molar refractivity (Wildman–Crippen MR) is 84.7 cm³/mol. The van der Waals surface area contributed by atoms with Crippen molar-refractivity contribution < 1.29 is 4.79 Å². The van der Waals surface area contributed by atoms with E-state index in [4.69, 9.17) is 5.26 Å². The van der Waals surface area contributed by atoms with Crippen molar-refractivity contribution >= 4 is 17.7 Å². The molecule has 0 spiro atoms. The van der Waals surface area contributed by atoms with E-state index in [9.17, 15) is 4.79 Å². The molecule has 1 aromatic rings. The van der Waals surface area contributed by atoms with Gasteiger partial charge in [0.1, 0.15) is 5.92 Å². The fraction of sp³-hybridized carbons (Fsp3) is 0.412. The lowest BCUT2D eigenvalue weighted by Crippen LogP contribution is -2.31. The fourth-order valence-corrected chi connectivity index (χ4v) is 1.97. The number of hydrogen-bond donors (Lipinski definition) is 1. The first-order chi connectivity index (χ1) is 10.1. The van der Waals surface area contributed by atoms with Crippen molar-refractivity contribution in [2.75, 3.05) is 19.0 Å². The van der Waals surface area contributed by atoms with Crippen molar-refractivity contribution in [1.82, 2.24) is 5.32 Å². The lowest BCUT2D eigenvalue weighted by Gasteiger charge is -2.11. The van der Waals surface area contributed by atoms with Crippen LogP contribution in [0.3, 0.4) is 0 Å². The summed E-state index contributed by atoms with van der Waals surface area (Å²) < 4.78 is 0. The summed E-state index contributed by atoms with van der Waals surface area (Å²) in [5.41, 5.74) is 2.21. The van der Waals surface area contributed by atoms with E-state index in [1.807, 2.05) is 55.4 Å². The van der Waals surface area contributed by atoms with Crippen molar-refractivity contribution in [2.45, 2.75) is 25.3 Å². The number of benzene rings is 1. The molecule has 2 rings (SSSR count). The molecule has 1 aliphatic carbocycles. The number of nitrogens with zero attached hydrogens (tertiary/aromatic N) is 2. The average molecular weight is 283 g/mol. The van der Waals surface area contributed by atoms with Crippen LogP contribution in [0.1, 0.15) is 24.8 Å². The van der Waals surface area contributed by atoms with Gasteiger partial charge in [-0.1, -0.05) is 24.3 Å². The van der Waals surface area contributed by atoms with Crippen LogP contribution in [0.2, 0.25) is 0 Å². The highest BCUT2D eigenvalue weighted by molar-refractivity contribution is 5.81. The molecule has 0 bridgehead atoms. The molecule has 1 fully saturated rings. The Morgan fingerprint density at radius 2 is 2.10 bits per heavy atom. The Morgan fingerprint density at radius 1 is 1.43 bits per heavy atom. The maximum atomic E-state index is 11.8. The monoisotopic (exact) mass is 283 g/mol. The minimum Gasteiger partial charge on any atom is -0.378 e. The number of hydrogen-bond acceptors (Lipinski definition) is 3. The molecule has 1 atom stereocenters. The molecule has 4 nitrogen and oxygen atoms in total. The van der Waals surface area contributed by atoms with E-state index < -0.39 is 5.92 Å². The molecule has 21 heavy (non-hydrogen) atoms. The summed E-state index contributed by atoms with van der Waals surface area (Å²) in [5.74, 6) is -0.740. The Hall–Kier alpha value is -2.28. The van der Waals surface area contributed by atoms with Crippen LogP contribution in [0.4, 0.5) is 5.69 Å². The summed E-state index contributed by atoms with van der Waals surface area (Å²) in [6.45, 7) is 0. The first-order valence-corrected chi connectivity index (χ1v) is 7.24. The molecule has 1 aromatic carbocycles. The molecule has 4 heteroatoms. The second-order valence-electron chi connectivity index (χ2n) is 5.59. The van der Waals surface area contributed by atoms with Crippen LogP contribution in [-0.2, 0) is 4.79 Å². The van der Waals surface area contributed by atoms with Crippen LogP contribution in [-0.4, -0.2) is 26.0 Å². The minimum absolute atomic E-state index is 0.146. The van der Waals surface area contributed by atoms with Crippen LogP contribution < -0.4 is 10.2 Å². The molecule has 0 heterocycles. The van der Waals surface area contributed by atoms with Crippen molar-refractivity contribution in [3.63, 3.8) is 0 Å². The van der Waals surface area contributed by atoms with Gasteiger partial charge in [0.05, 0.1) is 6.07 Å². The maximum Gasteiger partial charge on any atom is 0.237 e. The predicted octanol–water partition coefficient (Wildman–Crippen LogP) is 2.57. The quantitative estimate of drug-likeness (QED) is 0.873. The van der Waals surface area contributed by atoms with Gasteiger partial charge in [-0.2, -0.15) is 5.26 Å². The summed E-state index contributed by atoms with van der Waals surface area (Å²) in [5, 5.41) is 11.9. The SMILES string of the molecule is CN(C)c1ccc(/C=C/CC(C#N)C(=O)NC2CC2)cc1. The van der Waals surface area contributed by atoms with Gasteiger partial charge in [-0.05, 0) is 37.0 Å². The molecular formula is C17H21N3O. The third-order valence-electron chi connectivity index (χ3n) is 3.49. The highest BCUT2D eigenvalue weighted by Crippen LogP contribution is 2.20. The van der Waals surface area contributed by atoms with Crippen molar-refractivity contribution in [1.29, 1.82) is 5.26 Å². The molecule has 1 unspecified atom stereocenters. The smallest absolute Gasteiger partial charge is 0.237 e. The lowest BCUT2D eigenvalue weighted by atomic mass is 10.1. The van der Waals surface area contributed by atoms with Gasteiger partial charge in [-0.3, -0.25) is 4.79 Å². The van der Waals surface area contributed by atoms with Gasteiger partial charge in [0.15, 0.2) is 0 Å². The zero-order valence-corrected chi connectivity index (χ0v) is 12.5. The van der Waals surface area contributed by atoms with Gasteiger partial charge in [0, 0.05) is 25.8 Å². The van der Waals surface area contributed by atoms with Gasteiger partial charge >= 0.3 is 0 Å². The number of allylic oxidation sites excluding steroid dienone is 1. The maximum absolute atomic E-state index is 11.8. The highest BCUT2D eigenvalue weighted by atomic mass is 16.1. The zero-order valence-electron chi connectivity index (χ0n) is 12.5. The van der Waals surface area contributed by atoms with E-state index in [1.54, 1.807) is 0 Å². The summed E-state index contributed by atoms with van der Waals surface area (Å²) in [6, 6.07) is 10.5. The second-order valence-corrected chi connectivity index (χ2v) is 5.59. The summed E-state index contributed by atoms with van der Waals surface area (Å²) in [6.07, 6.45) is 6.37. The van der Waals surface area contributed by atoms with Gasteiger partial charge in [0.25, 0.3) is 0 Å². The van der Waals surface area contributed by atoms with Crippen LogP contribution in [0.25, 0.3) is 6.08 Å². The first kappa shape index (κ1) is 15.1. The lowest BCUT2D eigenvalue weighted by molar-refractivity contribution is -0.123. The zero-order chi connectivity index (χ0) is 15.2. The van der Waals surface area contributed by atoms with E-state index in [2.05, 4.69) is 11.4 Å². The molecule has 0 aliphatic heterocycles. The number of rotatable bonds is 6. The Morgan fingerprint density at radius 3 is 2.62 bits per heavy atom. The Labute approximate surface area is 126 Å². The Kier molecular flexibility index (Phi) is 4.99. The van der Waals surface area contributed by atoms with Crippen LogP contribution in [0.5, 0.6) is 0 Å². The molecule has 1 aliphatic rings. The average Bonchev–Trinajstić information content (AvgIpc) is 3.28. The van der Waals surface area contributed by atoms with Gasteiger partial charge in [-0.15, -0.1) is 0 Å². The third-order valence-corrected chi connectivity index (χ3v) is 3.49. The van der Waals surface area contributed by atoms with Crippen molar-refractivity contribution in [2.24, 2.45) is 5.92 Å². The molecule has 1 saturated carbocycles. The van der Waals surface area contributed by atoms with Crippen LogP contribution in [0, 0.1) is 17.2 Å².